The molecule has 19 heavy (non-hydrogen) atoms. The fraction of sp³-hybridized carbons (Fsp3) is 0.625. The number of nitrogens with one attached hydrogen (secondary N) is 1. The maximum absolute atomic E-state index is 13.5. The van der Waals surface area contributed by atoms with Crippen molar-refractivity contribution >= 4 is 0 Å². The van der Waals surface area contributed by atoms with E-state index in [-0.39, 0.29) is 18.0 Å². The fourth-order valence-corrected chi connectivity index (χ4v) is 2.45. The molecule has 0 bridgehead atoms. The standard InChI is InChI=1S/C16H26FNO/c1-5-8-15(19-7-3)16(18-6-2)14-11-13(17)10-9-12(14)4/h9-11,15-16,18H,5-8H2,1-4H3. The Morgan fingerprint density at radius 3 is 2.58 bits per heavy atom. The molecule has 1 rings (SSSR count). The van der Waals surface area contributed by atoms with Crippen LogP contribution in [0.3, 0.4) is 0 Å². The van der Waals surface area contributed by atoms with Crippen LogP contribution in [0.2, 0.25) is 0 Å². The van der Waals surface area contributed by atoms with Crippen LogP contribution in [0.1, 0.15) is 50.8 Å². The third-order valence-electron chi connectivity index (χ3n) is 3.33. The smallest absolute Gasteiger partial charge is 0.123 e. The van der Waals surface area contributed by atoms with E-state index in [0.29, 0.717) is 6.61 Å². The summed E-state index contributed by atoms with van der Waals surface area (Å²) in [5.41, 5.74) is 2.11. The molecule has 0 amide bonds. The van der Waals surface area contributed by atoms with E-state index in [0.717, 1.165) is 30.5 Å². The molecule has 0 fully saturated rings. The Bertz CT molecular complexity index is 375. The molecular formula is C16H26FNO. The number of hydrogen-bond acceptors (Lipinski definition) is 2. The Balaban J connectivity index is 3.05. The first-order valence-electron chi connectivity index (χ1n) is 7.25. The van der Waals surface area contributed by atoms with E-state index < -0.39 is 0 Å². The minimum Gasteiger partial charge on any atom is -0.377 e. The van der Waals surface area contributed by atoms with E-state index in [2.05, 4.69) is 19.2 Å². The molecule has 1 aromatic rings. The van der Waals surface area contributed by atoms with Gasteiger partial charge < -0.3 is 10.1 Å². The zero-order valence-electron chi connectivity index (χ0n) is 12.5. The van der Waals surface area contributed by atoms with Crippen molar-refractivity contribution in [2.45, 2.75) is 52.7 Å². The van der Waals surface area contributed by atoms with Gasteiger partial charge in [-0.2, -0.15) is 0 Å². The molecule has 0 aliphatic heterocycles. The van der Waals surface area contributed by atoms with E-state index in [1.54, 1.807) is 6.07 Å². The Morgan fingerprint density at radius 2 is 2.00 bits per heavy atom. The molecule has 2 unspecified atom stereocenters. The van der Waals surface area contributed by atoms with Crippen LogP contribution in [0.4, 0.5) is 4.39 Å². The van der Waals surface area contributed by atoms with Gasteiger partial charge in [0.05, 0.1) is 12.1 Å². The van der Waals surface area contributed by atoms with Crippen LogP contribution in [0.15, 0.2) is 18.2 Å². The van der Waals surface area contributed by atoms with Crippen molar-refractivity contribution in [2.24, 2.45) is 0 Å². The van der Waals surface area contributed by atoms with Crippen LogP contribution < -0.4 is 5.32 Å². The molecule has 0 spiro atoms. The number of rotatable bonds is 8. The lowest BCUT2D eigenvalue weighted by atomic mass is 9.94. The van der Waals surface area contributed by atoms with Crippen LogP contribution in [0.25, 0.3) is 0 Å². The quantitative estimate of drug-likeness (QED) is 0.769. The number of benzene rings is 1. The first kappa shape index (κ1) is 16.1. The van der Waals surface area contributed by atoms with Crippen molar-refractivity contribution in [3.8, 4) is 0 Å². The van der Waals surface area contributed by atoms with Crippen molar-refractivity contribution in [2.75, 3.05) is 13.2 Å². The maximum atomic E-state index is 13.5. The SMILES string of the molecule is CCCC(OCC)C(NCC)c1cc(F)ccc1C. The molecule has 1 N–H and O–H groups in total. The number of halogens is 1. The molecule has 2 atom stereocenters. The van der Waals surface area contributed by atoms with Gasteiger partial charge in [-0.15, -0.1) is 0 Å². The Kier molecular flexibility index (Phi) is 7.03. The summed E-state index contributed by atoms with van der Waals surface area (Å²) in [4.78, 5) is 0. The molecule has 2 nitrogen and oxygen atoms in total. The van der Waals surface area contributed by atoms with Crippen molar-refractivity contribution in [1.29, 1.82) is 0 Å². The predicted octanol–water partition coefficient (Wildman–Crippen LogP) is 3.99. The summed E-state index contributed by atoms with van der Waals surface area (Å²) in [6, 6.07) is 5.03. The van der Waals surface area contributed by atoms with Crippen LogP contribution in [0.5, 0.6) is 0 Å². The molecule has 0 heterocycles. The third-order valence-corrected chi connectivity index (χ3v) is 3.33. The second-order valence-electron chi connectivity index (χ2n) is 4.82. The number of likely N-dealkylation sites (N-methyl/N-ethyl adjacent to an activating group) is 1. The van der Waals surface area contributed by atoms with Crippen LogP contribution in [-0.4, -0.2) is 19.3 Å². The highest BCUT2D eigenvalue weighted by Crippen LogP contribution is 2.26. The monoisotopic (exact) mass is 267 g/mol. The van der Waals surface area contributed by atoms with Gasteiger partial charge in [-0.3, -0.25) is 0 Å². The first-order valence-corrected chi connectivity index (χ1v) is 7.25. The lowest BCUT2D eigenvalue weighted by Gasteiger charge is -2.29. The molecule has 0 aliphatic rings. The average Bonchev–Trinajstić information content (AvgIpc) is 2.39. The van der Waals surface area contributed by atoms with Crippen molar-refractivity contribution in [1.82, 2.24) is 5.32 Å². The Labute approximate surface area is 116 Å². The molecule has 0 aliphatic carbocycles. The second kappa shape index (κ2) is 8.28. The van der Waals surface area contributed by atoms with Gasteiger partial charge in [0.15, 0.2) is 0 Å². The largest absolute Gasteiger partial charge is 0.377 e. The van der Waals surface area contributed by atoms with Crippen LogP contribution in [-0.2, 0) is 4.74 Å². The van der Waals surface area contributed by atoms with Crippen LogP contribution in [0, 0.1) is 12.7 Å². The summed E-state index contributed by atoms with van der Waals surface area (Å²) in [6.45, 7) is 9.76. The normalized spacial score (nSPS) is 14.4. The van der Waals surface area contributed by atoms with Crippen LogP contribution >= 0.6 is 0 Å². The van der Waals surface area contributed by atoms with Gasteiger partial charge in [-0.25, -0.2) is 4.39 Å². The van der Waals surface area contributed by atoms with Gasteiger partial charge in [-0.05, 0) is 50.1 Å². The highest BCUT2D eigenvalue weighted by molar-refractivity contribution is 5.30. The molecule has 3 heteroatoms. The van der Waals surface area contributed by atoms with Gasteiger partial charge in [-0.1, -0.05) is 26.3 Å². The van der Waals surface area contributed by atoms with Crippen molar-refractivity contribution < 1.29 is 9.13 Å². The Hall–Kier alpha value is -0.930. The van der Waals surface area contributed by atoms with Gasteiger partial charge in [0.1, 0.15) is 5.82 Å². The highest BCUT2D eigenvalue weighted by atomic mass is 19.1. The maximum Gasteiger partial charge on any atom is 0.123 e. The summed E-state index contributed by atoms with van der Waals surface area (Å²) < 4.78 is 19.4. The lowest BCUT2D eigenvalue weighted by molar-refractivity contribution is 0.0278. The molecule has 0 radical (unpaired) electrons. The minimum atomic E-state index is -0.185. The summed E-state index contributed by atoms with van der Waals surface area (Å²) in [6.07, 6.45) is 2.12. The Morgan fingerprint density at radius 1 is 1.26 bits per heavy atom. The number of ether oxygens (including phenoxy) is 1. The second-order valence-corrected chi connectivity index (χ2v) is 4.82. The van der Waals surface area contributed by atoms with Gasteiger partial charge in [0, 0.05) is 6.61 Å². The highest BCUT2D eigenvalue weighted by Gasteiger charge is 2.23. The van der Waals surface area contributed by atoms with E-state index >= 15 is 0 Å². The van der Waals surface area contributed by atoms with Crippen molar-refractivity contribution in [3.63, 3.8) is 0 Å². The molecule has 0 saturated heterocycles. The van der Waals surface area contributed by atoms with E-state index in [9.17, 15) is 4.39 Å². The molecule has 0 aromatic heterocycles. The summed E-state index contributed by atoms with van der Waals surface area (Å²) in [7, 11) is 0. The van der Waals surface area contributed by atoms with E-state index in [1.807, 2.05) is 19.9 Å². The molecule has 1 aromatic carbocycles. The first-order chi connectivity index (χ1) is 9.13. The van der Waals surface area contributed by atoms with E-state index in [1.165, 1.54) is 6.07 Å². The summed E-state index contributed by atoms with van der Waals surface area (Å²) >= 11 is 0. The zero-order valence-corrected chi connectivity index (χ0v) is 12.5. The molecule has 0 saturated carbocycles. The zero-order chi connectivity index (χ0) is 14.3. The van der Waals surface area contributed by atoms with Gasteiger partial charge in [0.2, 0.25) is 0 Å². The topological polar surface area (TPSA) is 21.3 Å². The summed E-state index contributed by atoms with van der Waals surface area (Å²) in [5, 5.41) is 3.44. The summed E-state index contributed by atoms with van der Waals surface area (Å²) in [5.74, 6) is -0.185. The number of aryl methyl sites for hydroxylation is 1. The molecular weight excluding hydrogens is 241 g/mol. The van der Waals surface area contributed by atoms with E-state index in [4.69, 9.17) is 4.74 Å². The predicted molar refractivity (Wildman–Crippen MR) is 77.9 cm³/mol. The minimum absolute atomic E-state index is 0.0561. The average molecular weight is 267 g/mol. The van der Waals surface area contributed by atoms with Crippen molar-refractivity contribution in [3.05, 3.63) is 35.1 Å². The van der Waals surface area contributed by atoms with Gasteiger partial charge in [0.25, 0.3) is 0 Å². The third kappa shape index (κ3) is 4.59. The van der Waals surface area contributed by atoms with Gasteiger partial charge >= 0.3 is 0 Å². The molecule has 108 valence electrons. The number of hydrogen-bond donors (Lipinski definition) is 1. The lowest BCUT2D eigenvalue weighted by Crippen LogP contribution is -2.34. The fourth-order valence-electron chi connectivity index (χ4n) is 2.45.